The second kappa shape index (κ2) is 7.43. The molecule has 3 heterocycles. The van der Waals surface area contributed by atoms with Crippen molar-refractivity contribution in [2.75, 3.05) is 13.1 Å². The first-order chi connectivity index (χ1) is 12.3. The molecule has 0 spiro atoms. The van der Waals surface area contributed by atoms with Crippen LogP contribution in [-0.4, -0.2) is 44.1 Å². The highest BCUT2D eigenvalue weighted by Gasteiger charge is 2.26. The van der Waals surface area contributed by atoms with Crippen LogP contribution in [0.2, 0.25) is 0 Å². The number of rotatable bonds is 4. The minimum absolute atomic E-state index is 0.00446. The number of aromatic amines is 2. The molecule has 7 nitrogen and oxygen atoms in total. The van der Waals surface area contributed by atoms with Crippen LogP contribution in [0.25, 0.3) is 0 Å². The van der Waals surface area contributed by atoms with Crippen LogP contribution in [-0.2, 0) is 11.2 Å². The Kier molecular flexibility index (Phi) is 5.25. The predicted octanol–water partition coefficient (Wildman–Crippen LogP) is 2.18. The molecule has 1 saturated heterocycles. The van der Waals surface area contributed by atoms with Crippen molar-refractivity contribution in [2.24, 2.45) is 0 Å². The van der Waals surface area contributed by atoms with Gasteiger partial charge in [-0.2, -0.15) is 5.10 Å². The summed E-state index contributed by atoms with van der Waals surface area (Å²) in [6.45, 7) is 9.19. The molecule has 1 amide bonds. The van der Waals surface area contributed by atoms with Gasteiger partial charge in [-0.3, -0.25) is 14.7 Å². The third kappa shape index (κ3) is 3.86. The highest BCUT2D eigenvalue weighted by molar-refractivity contribution is 5.79. The normalized spacial score (nSPS) is 15.7. The van der Waals surface area contributed by atoms with Crippen LogP contribution in [0.4, 0.5) is 0 Å². The van der Waals surface area contributed by atoms with Crippen molar-refractivity contribution in [2.45, 2.75) is 58.8 Å². The van der Waals surface area contributed by atoms with E-state index in [-0.39, 0.29) is 17.9 Å². The molecule has 1 aliphatic heterocycles. The van der Waals surface area contributed by atoms with E-state index in [1.54, 1.807) is 13.8 Å². The van der Waals surface area contributed by atoms with Crippen molar-refractivity contribution < 1.29 is 4.79 Å². The van der Waals surface area contributed by atoms with Gasteiger partial charge in [-0.05, 0) is 38.7 Å². The first kappa shape index (κ1) is 18.4. The van der Waals surface area contributed by atoms with Crippen molar-refractivity contribution in [3.63, 3.8) is 0 Å². The highest BCUT2D eigenvalue weighted by atomic mass is 16.2. The first-order valence-corrected chi connectivity index (χ1v) is 9.24. The van der Waals surface area contributed by atoms with Gasteiger partial charge in [0.05, 0.1) is 12.1 Å². The molecule has 1 fully saturated rings. The number of carbonyl (C=O) groups is 1. The lowest BCUT2D eigenvalue weighted by Crippen LogP contribution is -2.39. The molecule has 26 heavy (non-hydrogen) atoms. The first-order valence-electron chi connectivity index (χ1n) is 9.24. The van der Waals surface area contributed by atoms with E-state index < -0.39 is 0 Å². The molecule has 0 atom stereocenters. The molecule has 0 aromatic carbocycles. The van der Waals surface area contributed by atoms with Gasteiger partial charge in [-0.25, -0.2) is 4.98 Å². The molecule has 0 bridgehead atoms. The highest BCUT2D eigenvalue weighted by Crippen LogP contribution is 2.28. The Morgan fingerprint density at radius 3 is 2.58 bits per heavy atom. The summed E-state index contributed by atoms with van der Waals surface area (Å²) in [6, 6.07) is 2.15. The summed E-state index contributed by atoms with van der Waals surface area (Å²) in [7, 11) is 0. The molecule has 140 valence electrons. The van der Waals surface area contributed by atoms with Crippen molar-refractivity contribution in [1.29, 1.82) is 0 Å². The van der Waals surface area contributed by atoms with Gasteiger partial charge in [0.15, 0.2) is 0 Å². The van der Waals surface area contributed by atoms with Gasteiger partial charge in [-0.1, -0.05) is 13.8 Å². The number of nitrogens with zero attached hydrogens (tertiary/aromatic N) is 3. The predicted molar refractivity (Wildman–Crippen MR) is 99.3 cm³/mol. The zero-order valence-corrected chi connectivity index (χ0v) is 15.9. The van der Waals surface area contributed by atoms with E-state index in [0.29, 0.717) is 42.0 Å². The van der Waals surface area contributed by atoms with Crippen LogP contribution in [0.1, 0.15) is 67.0 Å². The van der Waals surface area contributed by atoms with Gasteiger partial charge in [0.2, 0.25) is 5.91 Å². The van der Waals surface area contributed by atoms with E-state index in [1.807, 2.05) is 4.90 Å². The van der Waals surface area contributed by atoms with Gasteiger partial charge >= 0.3 is 0 Å². The molecule has 0 saturated carbocycles. The number of carbonyl (C=O) groups excluding carboxylic acids is 1. The minimum atomic E-state index is -0.211. The molecule has 1 aliphatic rings. The van der Waals surface area contributed by atoms with Crippen molar-refractivity contribution >= 4 is 5.91 Å². The Balaban J connectivity index is 1.61. The molecule has 0 radical (unpaired) electrons. The Morgan fingerprint density at radius 1 is 1.31 bits per heavy atom. The van der Waals surface area contributed by atoms with Gasteiger partial charge in [0.25, 0.3) is 5.56 Å². The fourth-order valence-electron chi connectivity index (χ4n) is 3.52. The Labute approximate surface area is 153 Å². The van der Waals surface area contributed by atoms with E-state index >= 15 is 0 Å². The molecule has 0 unspecified atom stereocenters. The lowest BCUT2D eigenvalue weighted by atomic mass is 9.92. The molecule has 2 aromatic heterocycles. The molecule has 7 heteroatoms. The second-order valence-electron chi connectivity index (χ2n) is 7.45. The van der Waals surface area contributed by atoms with E-state index in [4.69, 9.17) is 0 Å². The number of aryl methyl sites for hydroxylation is 2. The third-order valence-electron chi connectivity index (χ3n) is 5.17. The minimum Gasteiger partial charge on any atom is -0.342 e. The Hall–Kier alpha value is -2.44. The quantitative estimate of drug-likeness (QED) is 0.877. The van der Waals surface area contributed by atoms with E-state index in [2.05, 4.69) is 40.1 Å². The van der Waals surface area contributed by atoms with Crippen molar-refractivity contribution in [3.05, 3.63) is 44.9 Å². The number of nitrogens with one attached hydrogen (secondary N) is 2. The summed E-state index contributed by atoms with van der Waals surface area (Å²) in [5.74, 6) is 1.39. The number of amides is 1. The summed E-state index contributed by atoms with van der Waals surface area (Å²) in [4.78, 5) is 33.5. The molecular weight excluding hydrogens is 330 g/mol. The zero-order chi connectivity index (χ0) is 18.8. The van der Waals surface area contributed by atoms with Crippen LogP contribution < -0.4 is 5.56 Å². The number of aromatic nitrogens is 4. The smallest absolute Gasteiger partial charge is 0.254 e. The summed E-state index contributed by atoms with van der Waals surface area (Å²) in [5.41, 5.74) is 3.14. The van der Waals surface area contributed by atoms with Crippen LogP contribution >= 0.6 is 0 Å². The van der Waals surface area contributed by atoms with Gasteiger partial charge in [0, 0.05) is 36.0 Å². The average Bonchev–Trinajstić information content (AvgIpc) is 3.08. The fourth-order valence-corrected chi connectivity index (χ4v) is 3.52. The SMILES string of the molecule is Cc1nc(C)c(CC(=O)N2CCC(c3cc(C(C)C)n[nH]3)CC2)c(=O)[nH]1. The summed E-state index contributed by atoms with van der Waals surface area (Å²) in [5, 5.41) is 7.53. The monoisotopic (exact) mass is 357 g/mol. The summed E-state index contributed by atoms with van der Waals surface area (Å²) < 4.78 is 0. The molecule has 3 rings (SSSR count). The lowest BCUT2D eigenvalue weighted by Gasteiger charge is -2.31. The second-order valence-corrected chi connectivity index (χ2v) is 7.45. The van der Waals surface area contributed by atoms with Crippen molar-refractivity contribution in [1.82, 2.24) is 25.1 Å². The molecule has 2 aromatic rings. The Morgan fingerprint density at radius 2 is 2.00 bits per heavy atom. The molecule has 0 aliphatic carbocycles. The molecule has 2 N–H and O–H groups in total. The van der Waals surface area contributed by atoms with Gasteiger partial charge < -0.3 is 9.88 Å². The van der Waals surface area contributed by atoms with E-state index in [9.17, 15) is 9.59 Å². The average molecular weight is 357 g/mol. The van der Waals surface area contributed by atoms with E-state index in [0.717, 1.165) is 24.2 Å². The third-order valence-corrected chi connectivity index (χ3v) is 5.17. The largest absolute Gasteiger partial charge is 0.342 e. The van der Waals surface area contributed by atoms with Crippen molar-refractivity contribution in [3.8, 4) is 0 Å². The summed E-state index contributed by atoms with van der Waals surface area (Å²) in [6.07, 6.45) is 1.93. The number of hydrogen-bond donors (Lipinski definition) is 2. The maximum absolute atomic E-state index is 12.6. The van der Waals surface area contributed by atoms with Gasteiger partial charge in [0.1, 0.15) is 5.82 Å². The van der Waals surface area contributed by atoms with Crippen LogP contribution in [0.5, 0.6) is 0 Å². The van der Waals surface area contributed by atoms with Crippen LogP contribution in [0, 0.1) is 13.8 Å². The summed E-state index contributed by atoms with van der Waals surface area (Å²) >= 11 is 0. The standard InChI is InChI=1S/C19H27N5O2/c1-11(2)16-10-17(23-22-16)14-5-7-24(8-6-14)18(25)9-15-12(3)20-13(4)21-19(15)26/h10-11,14H,5-9H2,1-4H3,(H,22,23)(H,20,21,26). The number of hydrogen-bond acceptors (Lipinski definition) is 4. The van der Waals surface area contributed by atoms with Crippen LogP contribution in [0.15, 0.2) is 10.9 Å². The fraction of sp³-hybridized carbons (Fsp3) is 0.579. The maximum Gasteiger partial charge on any atom is 0.254 e. The van der Waals surface area contributed by atoms with E-state index in [1.165, 1.54) is 0 Å². The van der Waals surface area contributed by atoms with Crippen LogP contribution in [0.3, 0.4) is 0 Å². The lowest BCUT2D eigenvalue weighted by molar-refractivity contribution is -0.131. The number of H-pyrrole nitrogens is 2. The van der Waals surface area contributed by atoms with Gasteiger partial charge in [-0.15, -0.1) is 0 Å². The number of likely N-dealkylation sites (tertiary alicyclic amines) is 1. The Bertz CT molecular complexity index is 844. The maximum atomic E-state index is 12.6. The number of piperidine rings is 1. The topological polar surface area (TPSA) is 94.7 Å². The zero-order valence-electron chi connectivity index (χ0n) is 15.9. The molecular formula is C19H27N5O2.